The first-order valence-electron chi connectivity index (χ1n) is 13.0. The summed E-state index contributed by atoms with van der Waals surface area (Å²) in [5, 5.41) is 30.7. The van der Waals surface area contributed by atoms with E-state index in [1.165, 1.54) is 0 Å². The average molecular weight is 546 g/mol. The molecule has 4 rings (SSSR count). The number of aliphatic hydroxyl groups excluding tert-OH is 1. The smallest absolute Gasteiger partial charge is 0.180 e. The van der Waals surface area contributed by atoms with Crippen LogP contribution in [0.2, 0.25) is 0 Å². The molecule has 7 heteroatoms. The van der Waals surface area contributed by atoms with Crippen LogP contribution in [0.5, 0.6) is 11.5 Å². The summed E-state index contributed by atoms with van der Waals surface area (Å²) in [6.45, 7) is 2.80. The molecule has 0 aliphatic heterocycles. The number of aliphatic hydroxyl groups is 1. The first kappa shape index (κ1) is 28.4. The summed E-state index contributed by atoms with van der Waals surface area (Å²) in [6.07, 6.45) is -0.414. The molecule has 0 fully saturated rings. The van der Waals surface area contributed by atoms with E-state index in [1.54, 1.807) is 54.6 Å². The summed E-state index contributed by atoms with van der Waals surface area (Å²) in [4.78, 5) is 2.32. The number of rotatable bonds is 12. The third kappa shape index (κ3) is 7.93. The first-order valence-corrected chi connectivity index (χ1v) is 14.7. The summed E-state index contributed by atoms with van der Waals surface area (Å²) in [5.41, 5.74) is 3.09. The fourth-order valence-electron chi connectivity index (χ4n) is 4.89. The number of phenolic OH excluding ortho intramolecular Hbond substituents is 2. The predicted molar refractivity (Wildman–Crippen MR) is 153 cm³/mol. The normalized spacial score (nSPS) is 13.4. The molecular formula is C32H35NO5S. The highest BCUT2D eigenvalue weighted by molar-refractivity contribution is 7.91. The van der Waals surface area contributed by atoms with Crippen LogP contribution >= 0.6 is 0 Å². The van der Waals surface area contributed by atoms with E-state index < -0.39 is 15.9 Å². The Morgan fingerprint density at radius 1 is 0.718 bits per heavy atom. The zero-order valence-corrected chi connectivity index (χ0v) is 22.8. The van der Waals surface area contributed by atoms with E-state index in [9.17, 15) is 23.7 Å². The molecule has 0 aliphatic carbocycles. The van der Waals surface area contributed by atoms with Crippen molar-refractivity contribution in [3.8, 4) is 11.5 Å². The Morgan fingerprint density at radius 2 is 1.21 bits per heavy atom. The van der Waals surface area contributed by atoms with Gasteiger partial charge in [0.15, 0.2) is 9.84 Å². The van der Waals surface area contributed by atoms with Gasteiger partial charge in [-0.05, 0) is 66.4 Å². The maximum atomic E-state index is 12.9. The van der Waals surface area contributed by atoms with Crippen molar-refractivity contribution in [3.05, 3.63) is 126 Å². The van der Waals surface area contributed by atoms with Crippen molar-refractivity contribution in [2.24, 2.45) is 0 Å². The molecule has 6 nitrogen and oxygen atoms in total. The van der Waals surface area contributed by atoms with E-state index in [0.29, 0.717) is 13.0 Å². The molecule has 39 heavy (non-hydrogen) atoms. The van der Waals surface area contributed by atoms with Gasteiger partial charge >= 0.3 is 0 Å². The van der Waals surface area contributed by atoms with E-state index in [1.807, 2.05) is 54.6 Å². The van der Waals surface area contributed by atoms with E-state index >= 15 is 0 Å². The third-order valence-corrected chi connectivity index (χ3v) is 8.79. The van der Waals surface area contributed by atoms with Crippen molar-refractivity contribution >= 4 is 9.84 Å². The number of nitrogens with zero attached hydrogens (tertiary/aromatic N) is 1. The Balaban J connectivity index is 1.58. The zero-order chi connectivity index (χ0) is 27.8. The van der Waals surface area contributed by atoms with Gasteiger partial charge in [-0.15, -0.1) is 0 Å². The van der Waals surface area contributed by atoms with Crippen LogP contribution in [0.1, 0.15) is 36.0 Å². The van der Waals surface area contributed by atoms with Gasteiger partial charge in [-0.25, -0.2) is 8.42 Å². The van der Waals surface area contributed by atoms with Crippen molar-refractivity contribution < 1.29 is 23.7 Å². The summed E-state index contributed by atoms with van der Waals surface area (Å²) in [7, 11) is -3.64. The van der Waals surface area contributed by atoms with E-state index in [-0.39, 0.29) is 40.7 Å². The van der Waals surface area contributed by atoms with Gasteiger partial charge in [0.2, 0.25) is 0 Å². The lowest BCUT2D eigenvalue weighted by atomic mass is 9.85. The fourth-order valence-corrected chi connectivity index (χ4v) is 6.26. The largest absolute Gasteiger partial charge is 0.508 e. The standard InChI is InChI=1S/C32H35NO5S/c1-24(20-32(26-12-16-28(34)17-13-26)27-14-18-29(35)19-15-27)33(21-25-8-4-2-5-9-25)22-30(36)23-39(37,38)31-10-6-3-7-11-31/h2-19,24,30,32,34-36H,20-23H2,1H3/t24-,30-/m0/s1. The number of phenols is 2. The SMILES string of the molecule is C[C@@H](CC(c1ccc(O)cc1)c1ccc(O)cc1)N(Cc1ccccc1)C[C@H](O)CS(=O)(=O)c1ccccc1. The zero-order valence-electron chi connectivity index (χ0n) is 22.0. The molecule has 0 aliphatic rings. The molecule has 0 heterocycles. The maximum Gasteiger partial charge on any atom is 0.180 e. The predicted octanol–water partition coefficient (Wildman–Crippen LogP) is 5.35. The molecule has 0 radical (unpaired) electrons. The van der Waals surface area contributed by atoms with Crippen molar-refractivity contribution in [1.82, 2.24) is 4.90 Å². The minimum absolute atomic E-state index is 0.0492. The molecule has 0 spiro atoms. The number of hydrogen-bond acceptors (Lipinski definition) is 6. The molecule has 4 aromatic rings. The molecule has 4 aromatic carbocycles. The Labute approximate surface area is 230 Å². The van der Waals surface area contributed by atoms with Crippen LogP contribution in [0.15, 0.2) is 114 Å². The van der Waals surface area contributed by atoms with Crippen molar-refractivity contribution in [2.45, 2.75) is 42.8 Å². The Bertz CT molecular complexity index is 1360. The van der Waals surface area contributed by atoms with Gasteiger partial charge in [-0.2, -0.15) is 0 Å². The van der Waals surface area contributed by atoms with E-state index in [0.717, 1.165) is 16.7 Å². The van der Waals surface area contributed by atoms with Gasteiger partial charge in [0.25, 0.3) is 0 Å². The number of benzene rings is 4. The van der Waals surface area contributed by atoms with Gasteiger partial charge in [-0.1, -0.05) is 72.8 Å². The second kappa shape index (κ2) is 12.9. The van der Waals surface area contributed by atoms with Crippen LogP contribution in [0.4, 0.5) is 0 Å². The number of sulfone groups is 1. The minimum atomic E-state index is -3.64. The number of hydrogen-bond donors (Lipinski definition) is 3. The molecule has 0 saturated carbocycles. The minimum Gasteiger partial charge on any atom is -0.508 e. The highest BCUT2D eigenvalue weighted by Gasteiger charge is 2.26. The second-order valence-electron chi connectivity index (χ2n) is 9.98. The van der Waals surface area contributed by atoms with Crippen molar-refractivity contribution in [1.29, 1.82) is 0 Å². The summed E-state index contributed by atoms with van der Waals surface area (Å²) < 4.78 is 25.9. The first-order chi connectivity index (χ1) is 18.7. The van der Waals surface area contributed by atoms with Crippen molar-refractivity contribution in [2.75, 3.05) is 12.3 Å². The summed E-state index contributed by atoms with van der Waals surface area (Å²) >= 11 is 0. The highest BCUT2D eigenvalue weighted by atomic mass is 32.2. The van der Waals surface area contributed by atoms with Gasteiger partial charge in [0.1, 0.15) is 11.5 Å². The second-order valence-corrected chi connectivity index (χ2v) is 12.0. The number of aromatic hydroxyl groups is 2. The fraction of sp³-hybridized carbons (Fsp3) is 0.250. The lowest BCUT2D eigenvalue weighted by Crippen LogP contribution is -2.41. The van der Waals surface area contributed by atoms with Gasteiger partial charge in [0, 0.05) is 25.0 Å². The van der Waals surface area contributed by atoms with Crippen LogP contribution in [-0.2, 0) is 16.4 Å². The molecule has 2 atom stereocenters. The Hall–Kier alpha value is -3.65. The van der Waals surface area contributed by atoms with Gasteiger partial charge < -0.3 is 15.3 Å². The van der Waals surface area contributed by atoms with Crippen LogP contribution < -0.4 is 0 Å². The average Bonchev–Trinajstić information content (AvgIpc) is 2.93. The Kier molecular flexibility index (Phi) is 9.41. The molecule has 0 amide bonds. The van der Waals surface area contributed by atoms with Crippen LogP contribution in [0, 0.1) is 0 Å². The quantitative estimate of drug-likeness (QED) is 0.222. The molecule has 3 N–H and O–H groups in total. The van der Waals surface area contributed by atoms with Gasteiger partial charge in [-0.3, -0.25) is 4.90 Å². The summed E-state index contributed by atoms with van der Waals surface area (Å²) in [5.74, 6) is -0.0481. The van der Waals surface area contributed by atoms with Crippen LogP contribution in [0.25, 0.3) is 0 Å². The maximum absolute atomic E-state index is 12.9. The Morgan fingerprint density at radius 3 is 1.72 bits per heavy atom. The molecule has 0 unspecified atom stereocenters. The lowest BCUT2D eigenvalue weighted by Gasteiger charge is -2.33. The molecular weight excluding hydrogens is 510 g/mol. The topological polar surface area (TPSA) is 98.1 Å². The summed E-state index contributed by atoms with van der Waals surface area (Å²) in [6, 6.07) is 32.3. The van der Waals surface area contributed by atoms with Crippen LogP contribution in [0.3, 0.4) is 0 Å². The molecule has 0 bridgehead atoms. The molecule has 204 valence electrons. The lowest BCUT2D eigenvalue weighted by molar-refractivity contribution is 0.0946. The van der Waals surface area contributed by atoms with Crippen LogP contribution in [-0.4, -0.2) is 53.1 Å². The molecule has 0 aromatic heterocycles. The van der Waals surface area contributed by atoms with E-state index in [2.05, 4.69) is 11.8 Å². The highest BCUT2D eigenvalue weighted by Crippen LogP contribution is 2.33. The monoisotopic (exact) mass is 545 g/mol. The van der Waals surface area contributed by atoms with E-state index in [4.69, 9.17) is 0 Å². The third-order valence-electron chi connectivity index (χ3n) is 6.98. The van der Waals surface area contributed by atoms with Crippen molar-refractivity contribution in [3.63, 3.8) is 0 Å². The van der Waals surface area contributed by atoms with Gasteiger partial charge in [0.05, 0.1) is 16.8 Å². The molecule has 0 saturated heterocycles.